The van der Waals surface area contributed by atoms with Crippen molar-refractivity contribution in [3.63, 3.8) is 0 Å². The maximum atomic E-state index is 13.8. The summed E-state index contributed by atoms with van der Waals surface area (Å²) in [6.07, 6.45) is 8.96. The van der Waals surface area contributed by atoms with Crippen LogP contribution in [0.1, 0.15) is 70.6 Å². The fourth-order valence-corrected chi connectivity index (χ4v) is 6.09. The molecular formula is C35H45N7O4. The van der Waals surface area contributed by atoms with E-state index in [0.29, 0.717) is 47.9 Å². The number of aromatic nitrogens is 2. The Hall–Kier alpha value is -4.51. The van der Waals surface area contributed by atoms with Crippen molar-refractivity contribution < 1.29 is 21.9 Å². The molecule has 3 heterocycles. The van der Waals surface area contributed by atoms with Crippen molar-refractivity contribution in [1.82, 2.24) is 25.1 Å². The molecule has 0 saturated carbocycles. The molecule has 0 bridgehead atoms. The van der Waals surface area contributed by atoms with Gasteiger partial charge in [-0.15, -0.1) is 0 Å². The fourth-order valence-electron chi connectivity index (χ4n) is 6.09. The largest absolute Gasteiger partial charge is 0.354 e. The number of hydrogen-bond donors (Lipinski definition) is 3. The van der Waals surface area contributed by atoms with Crippen LogP contribution in [0.4, 0.5) is 17.1 Å². The van der Waals surface area contributed by atoms with Crippen LogP contribution in [-0.2, 0) is 27.3 Å². The Morgan fingerprint density at radius 3 is 2.54 bits per heavy atom. The minimum Gasteiger partial charge on any atom is -0.354 e. The number of aryl methyl sites for hydroxylation is 2. The molecular weight excluding hydrogens is 582 g/mol. The molecule has 0 radical (unpaired) electrons. The van der Waals surface area contributed by atoms with E-state index in [-0.39, 0.29) is 37.7 Å². The number of amides is 4. The molecule has 46 heavy (non-hydrogen) atoms. The predicted molar refractivity (Wildman–Crippen MR) is 178 cm³/mol. The molecule has 1 aromatic heterocycles. The predicted octanol–water partition coefficient (Wildman–Crippen LogP) is 4.27. The van der Waals surface area contributed by atoms with E-state index in [1.165, 1.54) is 0 Å². The van der Waals surface area contributed by atoms with Crippen molar-refractivity contribution in [3.8, 4) is 0 Å². The number of nitrogens with zero attached hydrogens (tertiary/aromatic N) is 4. The molecule has 1 saturated heterocycles. The van der Waals surface area contributed by atoms with E-state index in [9.17, 15) is 19.2 Å². The lowest BCUT2D eigenvalue weighted by molar-refractivity contribution is -0.122. The highest BCUT2D eigenvalue weighted by molar-refractivity contribution is 6.17. The number of fused-ring (bicyclic) bond motifs is 2. The zero-order valence-electron chi connectivity index (χ0n) is 28.2. The van der Waals surface area contributed by atoms with Gasteiger partial charge in [0.2, 0.25) is 17.7 Å². The van der Waals surface area contributed by atoms with Crippen LogP contribution in [-0.4, -0.2) is 70.8 Å². The lowest BCUT2D eigenvalue weighted by Gasteiger charge is -2.33. The summed E-state index contributed by atoms with van der Waals surface area (Å²) < 4.78 is 16.5. The minimum absolute atomic E-state index is 0.0454. The van der Waals surface area contributed by atoms with Crippen molar-refractivity contribution in [1.29, 1.82) is 0 Å². The van der Waals surface area contributed by atoms with Crippen molar-refractivity contribution in [2.75, 3.05) is 42.9 Å². The third-order valence-electron chi connectivity index (χ3n) is 8.60. The van der Waals surface area contributed by atoms with Gasteiger partial charge in [-0.05, 0) is 69.0 Å². The number of carbonyl (C=O) groups excluding carboxylic acids is 4. The van der Waals surface area contributed by atoms with Crippen LogP contribution >= 0.6 is 0 Å². The highest BCUT2D eigenvalue weighted by Crippen LogP contribution is 2.38. The van der Waals surface area contributed by atoms with E-state index in [4.69, 9.17) is 2.74 Å². The first-order valence-electron chi connectivity index (χ1n) is 17.4. The lowest BCUT2D eigenvalue weighted by atomic mass is 9.91. The number of likely N-dealkylation sites (tertiary alicyclic amines) is 1. The number of carbonyl (C=O) groups is 4. The Balaban J connectivity index is 0.984. The first-order chi connectivity index (χ1) is 23.3. The fraction of sp³-hybridized carbons (Fsp3) is 0.457. The second-order valence-corrected chi connectivity index (χ2v) is 11.9. The first kappa shape index (κ1) is 30.2. The van der Waals surface area contributed by atoms with Crippen LogP contribution in [0.15, 0.2) is 61.1 Å². The molecule has 11 heteroatoms. The van der Waals surface area contributed by atoms with Crippen LogP contribution in [0.3, 0.4) is 0 Å². The average molecular weight is 632 g/mol. The molecule has 1 unspecified atom stereocenters. The Bertz CT molecular complexity index is 1570. The second-order valence-electron chi connectivity index (χ2n) is 11.9. The SMILES string of the molecule is [3H]CC([3H])C(=O)NCCNC(=O)CCc1cn(CCCCC2CCN(CC(=O)N3c4ccccc4NC(=O)c4ccccc43)CC2)cn1. The topological polar surface area (TPSA) is 129 Å². The monoisotopic (exact) mass is 631 g/mol. The summed E-state index contributed by atoms with van der Waals surface area (Å²) in [5.41, 5.74) is 3.27. The van der Waals surface area contributed by atoms with Crippen molar-refractivity contribution in [2.24, 2.45) is 5.92 Å². The van der Waals surface area contributed by atoms with Gasteiger partial charge in [-0.25, -0.2) is 4.98 Å². The van der Waals surface area contributed by atoms with Crippen LogP contribution in [0, 0.1) is 5.92 Å². The maximum Gasteiger partial charge on any atom is 0.257 e. The minimum atomic E-state index is -1.10. The van der Waals surface area contributed by atoms with Gasteiger partial charge in [-0.1, -0.05) is 44.0 Å². The molecule has 3 N–H and O–H groups in total. The second kappa shape index (κ2) is 16.2. The molecule has 0 spiro atoms. The Morgan fingerprint density at radius 2 is 1.74 bits per heavy atom. The zero-order valence-corrected chi connectivity index (χ0v) is 26.2. The molecule has 2 aromatic carbocycles. The number of nitrogens with one attached hydrogen (secondary N) is 3. The van der Waals surface area contributed by atoms with Crippen LogP contribution in [0.2, 0.25) is 0 Å². The molecule has 0 aliphatic carbocycles. The molecule has 2 aliphatic rings. The summed E-state index contributed by atoms with van der Waals surface area (Å²) in [6.45, 7) is 3.14. The number of para-hydroxylation sites is 3. The van der Waals surface area contributed by atoms with Gasteiger partial charge < -0.3 is 20.5 Å². The van der Waals surface area contributed by atoms with Crippen molar-refractivity contribution in [2.45, 2.75) is 64.8 Å². The number of rotatable bonds is 14. The number of hydrogen-bond acceptors (Lipinski definition) is 6. The van der Waals surface area contributed by atoms with Gasteiger partial charge in [0.15, 0.2) is 0 Å². The third-order valence-corrected chi connectivity index (χ3v) is 8.60. The smallest absolute Gasteiger partial charge is 0.257 e. The molecule has 2 aliphatic heterocycles. The van der Waals surface area contributed by atoms with Gasteiger partial charge in [0.25, 0.3) is 5.91 Å². The standard InChI is InChI=1S/C35H45N7O4/c1-2-32(43)36-18-19-37-33(44)15-14-27-23-41(25-38-27)20-8-7-9-26-16-21-40(22-17-26)24-34(45)42-30-12-5-3-10-28(30)35(46)39-29-11-4-6-13-31(29)42/h3-6,10-13,23,25-26H,2,7-9,14-22,24H2,1H3,(H,36,43)(H,37,44)(H,39,46)/i1T,2T. The molecule has 4 amide bonds. The van der Waals surface area contributed by atoms with Gasteiger partial charge >= 0.3 is 0 Å². The summed E-state index contributed by atoms with van der Waals surface area (Å²) in [5.74, 6) is -0.250. The molecule has 5 rings (SSSR count). The van der Waals surface area contributed by atoms with Gasteiger partial charge in [0.1, 0.15) is 0 Å². The van der Waals surface area contributed by atoms with E-state index >= 15 is 0 Å². The van der Waals surface area contributed by atoms with Gasteiger partial charge in [0, 0.05) is 41.4 Å². The molecule has 244 valence electrons. The van der Waals surface area contributed by atoms with Gasteiger partial charge in [-0.2, -0.15) is 0 Å². The molecule has 3 aromatic rings. The maximum absolute atomic E-state index is 13.8. The quantitative estimate of drug-likeness (QED) is 0.228. The molecule has 1 fully saturated rings. The first-order valence-corrected chi connectivity index (χ1v) is 16.1. The van der Waals surface area contributed by atoms with E-state index in [1.807, 2.05) is 55.0 Å². The Labute approximate surface area is 273 Å². The highest BCUT2D eigenvalue weighted by atomic mass is 16.2. The van der Waals surface area contributed by atoms with Crippen LogP contribution in [0.25, 0.3) is 0 Å². The van der Waals surface area contributed by atoms with E-state index in [0.717, 1.165) is 57.4 Å². The number of unbranched alkanes of at least 4 members (excludes halogenated alkanes) is 1. The zero-order chi connectivity index (χ0) is 33.9. The van der Waals surface area contributed by atoms with Gasteiger partial charge in [-0.3, -0.25) is 29.0 Å². The lowest BCUT2D eigenvalue weighted by Crippen LogP contribution is -2.42. The highest BCUT2D eigenvalue weighted by Gasteiger charge is 2.30. The van der Waals surface area contributed by atoms with E-state index < -0.39 is 12.3 Å². The van der Waals surface area contributed by atoms with E-state index in [1.54, 1.807) is 11.0 Å². The van der Waals surface area contributed by atoms with Crippen LogP contribution in [0.5, 0.6) is 0 Å². The number of imidazole rings is 1. The van der Waals surface area contributed by atoms with Crippen LogP contribution < -0.4 is 20.9 Å². The normalized spacial score (nSPS) is 16.3. The van der Waals surface area contributed by atoms with Crippen molar-refractivity contribution in [3.05, 3.63) is 72.3 Å². The summed E-state index contributed by atoms with van der Waals surface area (Å²) in [4.78, 5) is 58.6. The molecule has 11 nitrogen and oxygen atoms in total. The summed E-state index contributed by atoms with van der Waals surface area (Å²) >= 11 is 0. The molecule has 1 atom stereocenters. The van der Waals surface area contributed by atoms with Crippen molar-refractivity contribution >= 4 is 40.7 Å². The number of piperidine rings is 1. The number of benzene rings is 2. The average Bonchev–Trinajstić information content (AvgIpc) is 3.51. The number of anilines is 3. The summed E-state index contributed by atoms with van der Waals surface area (Å²) in [7, 11) is 0. The Kier molecular flexibility index (Phi) is 10.6. The van der Waals surface area contributed by atoms with E-state index in [2.05, 4.69) is 30.4 Å². The van der Waals surface area contributed by atoms with Gasteiger partial charge in [0.05, 0.1) is 41.2 Å². The summed E-state index contributed by atoms with van der Waals surface area (Å²) in [6, 6.07) is 14.7. The Morgan fingerprint density at radius 1 is 1.00 bits per heavy atom. The third kappa shape index (κ3) is 8.81. The summed E-state index contributed by atoms with van der Waals surface area (Å²) in [5, 5.41) is 8.24.